The van der Waals surface area contributed by atoms with E-state index in [0.717, 1.165) is 37.3 Å². The Balaban J connectivity index is 0.000000312. The summed E-state index contributed by atoms with van der Waals surface area (Å²) >= 11 is 0. The summed E-state index contributed by atoms with van der Waals surface area (Å²) in [4.78, 5) is 26.1. The standard InChI is InChI=1S/C12H15NO3.C11H13NO3.Li.H2O/c1-16-12(15)10-4-2-9(3-5-10)6-13-7-11(14)8-13;13-10-6-12(7-10)5-8-1-3-9(4-2-8)11(14)15;;/h2-5,11,14H,6-8H2,1H3;1-4,10,13H,5-7H2,(H,14,15);;1H2/q;;+1;/p-1. The first-order valence-corrected chi connectivity index (χ1v) is 10.1. The number of carboxylic acid groups (broad SMARTS) is 1. The van der Waals surface area contributed by atoms with Gasteiger partial charge in [0.15, 0.2) is 0 Å². The second-order valence-electron chi connectivity index (χ2n) is 7.89. The molecule has 2 aromatic carbocycles. The van der Waals surface area contributed by atoms with E-state index in [1.165, 1.54) is 7.11 Å². The van der Waals surface area contributed by atoms with Crippen molar-refractivity contribution in [1.82, 2.24) is 9.80 Å². The van der Waals surface area contributed by atoms with Crippen LogP contribution in [0.25, 0.3) is 0 Å². The van der Waals surface area contributed by atoms with E-state index in [4.69, 9.17) is 15.3 Å². The van der Waals surface area contributed by atoms with Crippen LogP contribution in [0, 0.1) is 0 Å². The van der Waals surface area contributed by atoms with Crippen molar-refractivity contribution in [3.8, 4) is 0 Å². The van der Waals surface area contributed by atoms with Gasteiger partial charge in [0.25, 0.3) is 0 Å². The second-order valence-corrected chi connectivity index (χ2v) is 7.89. The molecule has 2 heterocycles. The van der Waals surface area contributed by atoms with Crippen LogP contribution in [0.2, 0.25) is 0 Å². The average molecular weight is 452 g/mol. The Hall–Kier alpha value is -2.22. The van der Waals surface area contributed by atoms with E-state index in [0.29, 0.717) is 24.2 Å². The van der Waals surface area contributed by atoms with Crippen molar-refractivity contribution in [2.75, 3.05) is 33.3 Å². The molecule has 9 nitrogen and oxygen atoms in total. The van der Waals surface area contributed by atoms with Crippen molar-refractivity contribution in [2.45, 2.75) is 25.3 Å². The van der Waals surface area contributed by atoms with E-state index in [2.05, 4.69) is 14.5 Å². The van der Waals surface area contributed by atoms with Crippen LogP contribution in [0.15, 0.2) is 48.5 Å². The van der Waals surface area contributed by atoms with E-state index < -0.39 is 5.97 Å². The molecular weight excluding hydrogens is 423 g/mol. The Morgan fingerprint density at radius 3 is 1.48 bits per heavy atom. The maximum absolute atomic E-state index is 11.2. The number of rotatable bonds is 6. The molecule has 0 unspecified atom stereocenters. The zero-order chi connectivity index (χ0) is 22.4. The molecule has 4 rings (SSSR count). The Bertz CT molecular complexity index is 881. The van der Waals surface area contributed by atoms with Gasteiger partial charge in [0.2, 0.25) is 0 Å². The summed E-state index contributed by atoms with van der Waals surface area (Å²) in [6.45, 7) is 4.48. The van der Waals surface area contributed by atoms with E-state index in [1.54, 1.807) is 24.3 Å². The second kappa shape index (κ2) is 13.5. The van der Waals surface area contributed by atoms with Gasteiger partial charge in [0.1, 0.15) is 0 Å². The first kappa shape index (κ1) is 28.8. The smallest absolute Gasteiger partial charge is 0.870 e. The molecule has 2 fully saturated rings. The van der Waals surface area contributed by atoms with Gasteiger partial charge in [-0.05, 0) is 35.4 Å². The monoisotopic (exact) mass is 452 g/mol. The van der Waals surface area contributed by atoms with Gasteiger partial charge in [-0.25, -0.2) is 9.59 Å². The minimum atomic E-state index is -0.902. The zero-order valence-electron chi connectivity index (χ0n) is 18.9. The summed E-state index contributed by atoms with van der Waals surface area (Å²) in [5, 5.41) is 26.9. The molecule has 0 amide bonds. The van der Waals surface area contributed by atoms with Gasteiger partial charge in [0, 0.05) is 39.3 Å². The van der Waals surface area contributed by atoms with Crippen molar-refractivity contribution in [3.05, 3.63) is 70.8 Å². The van der Waals surface area contributed by atoms with Gasteiger partial charge in [-0.1, -0.05) is 24.3 Å². The molecule has 2 aliphatic heterocycles. The van der Waals surface area contributed by atoms with E-state index in [-0.39, 0.29) is 42.5 Å². The quantitative estimate of drug-likeness (QED) is 0.337. The summed E-state index contributed by atoms with van der Waals surface area (Å²) in [6, 6.07) is 14.2. The van der Waals surface area contributed by atoms with Crippen LogP contribution in [0.3, 0.4) is 0 Å². The van der Waals surface area contributed by atoms with Crippen LogP contribution >= 0.6 is 0 Å². The van der Waals surface area contributed by atoms with Crippen molar-refractivity contribution < 1.29 is 54.0 Å². The van der Waals surface area contributed by atoms with E-state index in [9.17, 15) is 9.59 Å². The van der Waals surface area contributed by atoms with E-state index >= 15 is 0 Å². The summed E-state index contributed by atoms with van der Waals surface area (Å²) in [5.74, 6) is -1.22. The molecule has 4 N–H and O–H groups in total. The Morgan fingerprint density at radius 1 is 0.818 bits per heavy atom. The molecule has 2 aliphatic rings. The number of nitrogens with zero attached hydrogens (tertiary/aromatic N) is 2. The van der Waals surface area contributed by atoms with Gasteiger partial charge in [-0.15, -0.1) is 0 Å². The average Bonchev–Trinajstić information content (AvgIpc) is 2.72. The maximum atomic E-state index is 11.2. The number of aliphatic hydroxyl groups excluding tert-OH is 2. The predicted octanol–water partition coefficient (Wildman–Crippen LogP) is -1.96. The molecule has 0 bridgehead atoms. The normalized spacial score (nSPS) is 16.1. The number of likely N-dealkylation sites (tertiary alicyclic amines) is 2. The van der Waals surface area contributed by atoms with Crippen LogP contribution in [0.5, 0.6) is 0 Å². The zero-order valence-corrected chi connectivity index (χ0v) is 18.9. The largest absolute Gasteiger partial charge is 1.00 e. The number of hydrogen-bond donors (Lipinski definition) is 3. The van der Waals surface area contributed by atoms with E-state index in [1.807, 2.05) is 24.3 Å². The molecule has 0 spiro atoms. The number of carbonyl (C=O) groups is 2. The summed E-state index contributed by atoms with van der Waals surface area (Å²) in [6.07, 6.45) is -0.363. The van der Waals surface area contributed by atoms with Crippen molar-refractivity contribution in [2.24, 2.45) is 0 Å². The van der Waals surface area contributed by atoms with Crippen molar-refractivity contribution in [1.29, 1.82) is 0 Å². The number of methoxy groups -OCH3 is 1. The van der Waals surface area contributed by atoms with Crippen LogP contribution in [-0.2, 0) is 17.8 Å². The molecule has 0 aromatic heterocycles. The summed E-state index contributed by atoms with van der Waals surface area (Å²) in [5.41, 5.74) is 3.09. The third-order valence-corrected chi connectivity index (χ3v) is 5.26. The predicted molar refractivity (Wildman–Crippen MR) is 116 cm³/mol. The third-order valence-electron chi connectivity index (χ3n) is 5.26. The number of aliphatic hydroxyl groups is 2. The van der Waals surface area contributed by atoms with Crippen molar-refractivity contribution >= 4 is 11.9 Å². The fraction of sp³-hybridized carbons (Fsp3) is 0.391. The summed E-state index contributed by atoms with van der Waals surface area (Å²) < 4.78 is 4.62. The molecule has 0 radical (unpaired) electrons. The van der Waals surface area contributed by atoms with Crippen molar-refractivity contribution in [3.63, 3.8) is 0 Å². The molecule has 2 saturated heterocycles. The number of carbonyl (C=O) groups excluding carboxylic acids is 1. The molecular formula is C23H29LiN2O7. The number of hydrogen-bond acceptors (Lipinski definition) is 8. The van der Waals surface area contributed by atoms with Crippen LogP contribution in [-0.4, -0.2) is 88.0 Å². The van der Waals surface area contributed by atoms with Gasteiger partial charge in [0.05, 0.1) is 30.4 Å². The number of β-amino-alcohol motifs (C(OH)–C–C–N with tert-alkyl or cyclic N) is 2. The first-order valence-electron chi connectivity index (χ1n) is 10.1. The maximum Gasteiger partial charge on any atom is 1.00 e. The molecule has 33 heavy (non-hydrogen) atoms. The molecule has 174 valence electrons. The Morgan fingerprint density at radius 2 is 1.18 bits per heavy atom. The number of aromatic carboxylic acids is 1. The fourth-order valence-electron chi connectivity index (χ4n) is 3.48. The summed E-state index contributed by atoms with van der Waals surface area (Å²) in [7, 11) is 1.37. The molecule has 2 aromatic rings. The van der Waals surface area contributed by atoms with Gasteiger partial charge in [-0.3, -0.25) is 9.80 Å². The third kappa shape index (κ3) is 8.57. The van der Waals surface area contributed by atoms with Crippen LogP contribution < -0.4 is 18.9 Å². The topological polar surface area (TPSA) is 141 Å². The number of esters is 1. The van der Waals surface area contributed by atoms with Gasteiger partial charge in [-0.2, -0.15) is 0 Å². The Kier molecular flexibility index (Phi) is 11.8. The fourth-order valence-corrected chi connectivity index (χ4v) is 3.48. The minimum Gasteiger partial charge on any atom is -0.870 e. The van der Waals surface area contributed by atoms with Gasteiger partial charge >= 0.3 is 30.8 Å². The minimum absolute atomic E-state index is 0. The van der Waals surface area contributed by atoms with Gasteiger partial charge < -0.3 is 25.5 Å². The molecule has 0 atom stereocenters. The first-order chi connectivity index (χ1) is 14.8. The number of benzene rings is 2. The SMILES string of the molecule is COC(=O)c1ccc(CN2CC(O)C2)cc1.O=C(O)c1ccc(CN2CC(O)C2)cc1.[Li+].[OH-]. The number of carboxylic acids is 1. The van der Waals surface area contributed by atoms with Crippen LogP contribution in [0.1, 0.15) is 31.8 Å². The number of ether oxygens (including phenoxy) is 1. The molecule has 0 saturated carbocycles. The van der Waals surface area contributed by atoms with Crippen LogP contribution in [0.4, 0.5) is 0 Å². The molecule has 0 aliphatic carbocycles. The molecule has 10 heteroatoms. The Labute approximate surface area is 205 Å².